The summed E-state index contributed by atoms with van der Waals surface area (Å²) in [6, 6.07) is 9.09. The van der Waals surface area contributed by atoms with E-state index in [1.54, 1.807) is 42.4 Å². The molecule has 0 heterocycles. The zero-order valence-corrected chi connectivity index (χ0v) is 9.18. The van der Waals surface area contributed by atoms with Crippen LogP contribution in [0.25, 0.3) is 0 Å². The van der Waals surface area contributed by atoms with E-state index in [1.165, 1.54) is 13.2 Å². The van der Waals surface area contributed by atoms with Gasteiger partial charge >= 0.3 is 5.97 Å². The Hall–Kier alpha value is -2.28. The monoisotopic (exact) mass is 216 g/mol. The molecule has 1 aromatic rings. The predicted molar refractivity (Wildman–Crippen MR) is 60.7 cm³/mol. The van der Waals surface area contributed by atoms with Gasteiger partial charge < -0.3 is 9.64 Å². The van der Waals surface area contributed by atoms with Crippen LogP contribution >= 0.6 is 0 Å². The van der Waals surface area contributed by atoms with Crippen LogP contribution in [0, 0.1) is 11.3 Å². The Morgan fingerprint density at radius 1 is 1.44 bits per heavy atom. The molecule has 0 N–H and O–H groups in total. The zero-order chi connectivity index (χ0) is 12.0. The molecule has 82 valence electrons. The molecular weight excluding hydrogens is 204 g/mol. The molecule has 1 aromatic carbocycles. The molecule has 0 atom stereocenters. The first-order chi connectivity index (χ1) is 7.67. The third-order valence-corrected chi connectivity index (χ3v) is 2.04. The van der Waals surface area contributed by atoms with E-state index in [4.69, 9.17) is 5.26 Å². The van der Waals surface area contributed by atoms with Crippen LogP contribution in [-0.2, 0) is 9.53 Å². The second-order valence-corrected chi connectivity index (χ2v) is 3.11. The highest BCUT2D eigenvalue weighted by molar-refractivity contribution is 5.82. The van der Waals surface area contributed by atoms with E-state index in [1.807, 2.05) is 6.07 Å². The Bertz CT molecular complexity index is 429. The normalized spacial score (nSPS) is 9.81. The van der Waals surface area contributed by atoms with Gasteiger partial charge in [-0.25, -0.2) is 4.79 Å². The van der Waals surface area contributed by atoms with Crippen molar-refractivity contribution in [3.8, 4) is 6.07 Å². The fourth-order valence-electron chi connectivity index (χ4n) is 1.10. The van der Waals surface area contributed by atoms with Crippen molar-refractivity contribution in [2.45, 2.75) is 0 Å². The molecule has 0 spiro atoms. The SMILES string of the molecule is COC(=O)C=CN(C)c1ccc(C#N)cc1. The van der Waals surface area contributed by atoms with Crippen molar-refractivity contribution in [1.29, 1.82) is 5.26 Å². The van der Waals surface area contributed by atoms with E-state index in [2.05, 4.69) is 4.74 Å². The number of hydrogen-bond acceptors (Lipinski definition) is 4. The van der Waals surface area contributed by atoms with Crippen LogP contribution in [0.15, 0.2) is 36.5 Å². The number of nitriles is 1. The molecule has 16 heavy (non-hydrogen) atoms. The topological polar surface area (TPSA) is 53.3 Å². The van der Waals surface area contributed by atoms with Crippen LogP contribution < -0.4 is 4.90 Å². The smallest absolute Gasteiger partial charge is 0.331 e. The van der Waals surface area contributed by atoms with E-state index in [-0.39, 0.29) is 0 Å². The minimum absolute atomic E-state index is 0.402. The van der Waals surface area contributed by atoms with E-state index in [0.717, 1.165) is 5.69 Å². The van der Waals surface area contributed by atoms with Crippen molar-refractivity contribution in [3.05, 3.63) is 42.1 Å². The van der Waals surface area contributed by atoms with E-state index >= 15 is 0 Å². The molecule has 4 heteroatoms. The van der Waals surface area contributed by atoms with Crippen LogP contribution in [-0.4, -0.2) is 20.1 Å². The van der Waals surface area contributed by atoms with Gasteiger partial charge in [-0.15, -0.1) is 0 Å². The van der Waals surface area contributed by atoms with Gasteiger partial charge in [-0.1, -0.05) is 0 Å². The quantitative estimate of drug-likeness (QED) is 0.569. The van der Waals surface area contributed by atoms with Crippen molar-refractivity contribution in [2.75, 3.05) is 19.1 Å². The standard InChI is InChI=1S/C12H12N2O2/c1-14(8-7-12(15)16-2)11-5-3-10(9-13)4-6-11/h3-8H,1-2H3. The minimum Gasteiger partial charge on any atom is -0.466 e. The summed E-state index contributed by atoms with van der Waals surface area (Å²) in [5.74, 6) is -0.402. The maximum absolute atomic E-state index is 10.9. The van der Waals surface area contributed by atoms with Gasteiger partial charge in [0.15, 0.2) is 0 Å². The molecule has 0 bridgehead atoms. The highest BCUT2D eigenvalue weighted by Crippen LogP contribution is 2.13. The number of methoxy groups -OCH3 is 1. The number of rotatable bonds is 3. The van der Waals surface area contributed by atoms with Crippen molar-refractivity contribution >= 4 is 11.7 Å². The molecule has 0 aliphatic carbocycles. The lowest BCUT2D eigenvalue weighted by molar-refractivity contribution is -0.134. The summed E-state index contributed by atoms with van der Waals surface area (Å²) in [5.41, 5.74) is 1.49. The van der Waals surface area contributed by atoms with Gasteiger partial charge in [0.25, 0.3) is 0 Å². The van der Waals surface area contributed by atoms with E-state index in [0.29, 0.717) is 5.56 Å². The molecule has 0 saturated carbocycles. The summed E-state index contributed by atoms with van der Waals surface area (Å²) in [6.45, 7) is 0. The highest BCUT2D eigenvalue weighted by Gasteiger charge is 1.98. The Morgan fingerprint density at radius 2 is 2.06 bits per heavy atom. The molecule has 0 unspecified atom stereocenters. The summed E-state index contributed by atoms with van der Waals surface area (Å²) in [7, 11) is 3.13. The Labute approximate surface area is 94.4 Å². The van der Waals surface area contributed by atoms with Crippen molar-refractivity contribution in [1.82, 2.24) is 0 Å². The van der Waals surface area contributed by atoms with Gasteiger partial charge in [0.05, 0.1) is 18.7 Å². The molecule has 0 amide bonds. The summed E-state index contributed by atoms with van der Waals surface area (Å²) in [5, 5.41) is 8.64. The van der Waals surface area contributed by atoms with Crippen molar-refractivity contribution < 1.29 is 9.53 Å². The van der Waals surface area contributed by atoms with E-state index < -0.39 is 5.97 Å². The van der Waals surface area contributed by atoms with Crippen LogP contribution in [0.2, 0.25) is 0 Å². The molecule has 0 saturated heterocycles. The Morgan fingerprint density at radius 3 is 2.56 bits per heavy atom. The lowest BCUT2D eigenvalue weighted by atomic mass is 10.2. The number of anilines is 1. The highest BCUT2D eigenvalue weighted by atomic mass is 16.5. The van der Waals surface area contributed by atoms with Gasteiger partial charge in [-0.3, -0.25) is 0 Å². The number of ether oxygens (including phenoxy) is 1. The van der Waals surface area contributed by atoms with Gasteiger partial charge in [0, 0.05) is 25.0 Å². The molecule has 0 aliphatic rings. The number of nitrogens with zero attached hydrogens (tertiary/aromatic N) is 2. The van der Waals surface area contributed by atoms with Gasteiger partial charge in [0.2, 0.25) is 0 Å². The summed E-state index contributed by atoms with van der Waals surface area (Å²) >= 11 is 0. The van der Waals surface area contributed by atoms with Crippen LogP contribution in [0.1, 0.15) is 5.56 Å². The molecular formula is C12H12N2O2. The number of carbonyl (C=O) groups excluding carboxylic acids is 1. The number of esters is 1. The van der Waals surface area contributed by atoms with Gasteiger partial charge in [-0.2, -0.15) is 5.26 Å². The number of hydrogen-bond donors (Lipinski definition) is 0. The Balaban J connectivity index is 2.73. The summed E-state index contributed by atoms with van der Waals surface area (Å²) in [6.07, 6.45) is 2.94. The zero-order valence-electron chi connectivity index (χ0n) is 9.18. The molecule has 0 fully saturated rings. The molecule has 4 nitrogen and oxygen atoms in total. The maximum atomic E-state index is 10.9. The average molecular weight is 216 g/mol. The largest absolute Gasteiger partial charge is 0.466 e. The van der Waals surface area contributed by atoms with Crippen molar-refractivity contribution in [2.24, 2.45) is 0 Å². The second-order valence-electron chi connectivity index (χ2n) is 3.11. The fraction of sp³-hybridized carbons (Fsp3) is 0.167. The second kappa shape index (κ2) is 5.56. The first-order valence-corrected chi connectivity index (χ1v) is 4.66. The fourth-order valence-corrected chi connectivity index (χ4v) is 1.10. The third kappa shape index (κ3) is 3.14. The summed E-state index contributed by atoms with van der Waals surface area (Å²) in [4.78, 5) is 12.6. The Kier molecular flexibility index (Phi) is 4.10. The first-order valence-electron chi connectivity index (χ1n) is 4.66. The molecule has 1 rings (SSSR count). The molecule has 0 aromatic heterocycles. The van der Waals surface area contributed by atoms with Gasteiger partial charge in [0.1, 0.15) is 0 Å². The average Bonchev–Trinajstić information content (AvgIpc) is 2.35. The van der Waals surface area contributed by atoms with Crippen LogP contribution in [0.3, 0.4) is 0 Å². The predicted octanol–water partition coefficient (Wildman–Crippen LogP) is 1.68. The van der Waals surface area contributed by atoms with E-state index in [9.17, 15) is 4.79 Å². The van der Waals surface area contributed by atoms with Crippen LogP contribution in [0.4, 0.5) is 5.69 Å². The third-order valence-electron chi connectivity index (χ3n) is 2.04. The number of carbonyl (C=O) groups is 1. The lowest BCUT2D eigenvalue weighted by Gasteiger charge is -2.13. The molecule has 0 aliphatic heterocycles. The number of benzene rings is 1. The maximum Gasteiger partial charge on any atom is 0.331 e. The lowest BCUT2D eigenvalue weighted by Crippen LogP contribution is -2.09. The summed E-state index contributed by atoms with van der Waals surface area (Å²) < 4.78 is 4.48. The van der Waals surface area contributed by atoms with Crippen LogP contribution in [0.5, 0.6) is 0 Å². The van der Waals surface area contributed by atoms with Crippen molar-refractivity contribution in [3.63, 3.8) is 0 Å². The molecule has 0 radical (unpaired) electrons. The minimum atomic E-state index is -0.402. The first kappa shape index (κ1) is 11.8. The van der Waals surface area contributed by atoms with Gasteiger partial charge in [-0.05, 0) is 24.3 Å².